The number of hydrogen-bond acceptors (Lipinski definition) is 7. The van der Waals surface area contributed by atoms with Crippen LogP contribution in [0.25, 0.3) is 0 Å². The lowest BCUT2D eigenvalue weighted by Gasteiger charge is -2.21. The molecule has 1 aliphatic heterocycles. The zero-order valence-electron chi connectivity index (χ0n) is 16.0. The van der Waals surface area contributed by atoms with E-state index in [9.17, 15) is 13.2 Å². The van der Waals surface area contributed by atoms with Gasteiger partial charge in [-0.2, -0.15) is 9.40 Å². The first-order valence-electron chi connectivity index (χ1n) is 8.82. The summed E-state index contributed by atoms with van der Waals surface area (Å²) in [6.07, 6.45) is 0.688. The van der Waals surface area contributed by atoms with E-state index in [0.29, 0.717) is 37.8 Å². The summed E-state index contributed by atoms with van der Waals surface area (Å²) in [4.78, 5) is 14.2. The molecule has 0 unspecified atom stereocenters. The summed E-state index contributed by atoms with van der Waals surface area (Å²) in [6, 6.07) is 1.47. The minimum absolute atomic E-state index is 0.0175. The van der Waals surface area contributed by atoms with E-state index in [1.54, 1.807) is 17.1 Å². The summed E-state index contributed by atoms with van der Waals surface area (Å²) in [5.74, 6) is -0.633. The molecule has 1 aliphatic rings. The summed E-state index contributed by atoms with van der Waals surface area (Å²) in [5.41, 5.74) is 1.84. The van der Waals surface area contributed by atoms with Crippen molar-refractivity contribution < 1.29 is 17.9 Å². The van der Waals surface area contributed by atoms with Crippen LogP contribution in [-0.2, 0) is 28.4 Å². The Hall–Kier alpha value is -1.46. The topological polar surface area (TPSA) is 84.7 Å². The molecule has 0 bridgehead atoms. The Kier molecular flexibility index (Phi) is 6.45. The molecule has 28 heavy (non-hydrogen) atoms. The van der Waals surface area contributed by atoms with Gasteiger partial charge in [-0.25, -0.2) is 13.2 Å². The minimum atomic E-state index is -3.76. The van der Waals surface area contributed by atoms with E-state index in [2.05, 4.69) is 10.00 Å². The summed E-state index contributed by atoms with van der Waals surface area (Å²) >= 11 is 7.40. The fourth-order valence-electron chi connectivity index (χ4n) is 3.30. The van der Waals surface area contributed by atoms with Gasteiger partial charge in [-0.1, -0.05) is 11.6 Å². The molecule has 11 heteroatoms. The Labute approximate surface area is 173 Å². The lowest BCUT2D eigenvalue weighted by Crippen LogP contribution is -2.35. The minimum Gasteiger partial charge on any atom is -0.465 e. The van der Waals surface area contributed by atoms with Crippen LogP contribution in [0.2, 0.25) is 5.15 Å². The van der Waals surface area contributed by atoms with E-state index in [4.69, 9.17) is 16.3 Å². The summed E-state index contributed by atoms with van der Waals surface area (Å²) < 4.78 is 34.0. The Balaban J connectivity index is 1.74. The van der Waals surface area contributed by atoms with Crippen molar-refractivity contribution in [2.75, 3.05) is 33.3 Å². The third kappa shape index (κ3) is 4.11. The van der Waals surface area contributed by atoms with Gasteiger partial charge in [0, 0.05) is 38.8 Å². The molecule has 0 spiro atoms. The molecule has 3 rings (SSSR count). The normalized spacial score (nSPS) is 16.9. The first kappa shape index (κ1) is 21.3. The second-order valence-electron chi connectivity index (χ2n) is 6.62. The number of carbonyl (C=O) groups excluding carboxylic acids is 1. The molecule has 3 heterocycles. The molecule has 0 aliphatic carbocycles. The zero-order chi connectivity index (χ0) is 20.5. The molecule has 2 aromatic heterocycles. The fourth-order valence-corrected chi connectivity index (χ4v) is 6.32. The number of thiophene rings is 1. The van der Waals surface area contributed by atoms with E-state index >= 15 is 0 Å². The van der Waals surface area contributed by atoms with Crippen LogP contribution in [0, 0.1) is 6.92 Å². The quantitative estimate of drug-likeness (QED) is 0.654. The second kappa shape index (κ2) is 8.50. The lowest BCUT2D eigenvalue weighted by atomic mass is 10.2. The molecule has 0 N–H and O–H groups in total. The fraction of sp³-hybridized carbons (Fsp3) is 0.529. The molecule has 1 saturated heterocycles. The molecule has 2 aromatic rings. The van der Waals surface area contributed by atoms with Crippen LogP contribution in [0.5, 0.6) is 0 Å². The first-order valence-corrected chi connectivity index (χ1v) is 11.5. The number of aryl methyl sites for hydroxylation is 2. The van der Waals surface area contributed by atoms with Gasteiger partial charge in [0.15, 0.2) is 0 Å². The largest absolute Gasteiger partial charge is 0.465 e. The first-order chi connectivity index (χ1) is 13.3. The highest BCUT2D eigenvalue weighted by atomic mass is 35.5. The smallest absolute Gasteiger partial charge is 0.349 e. The van der Waals surface area contributed by atoms with Gasteiger partial charge in [-0.15, -0.1) is 11.3 Å². The van der Waals surface area contributed by atoms with Gasteiger partial charge in [-0.05, 0) is 31.3 Å². The predicted octanol–water partition coefficient (Wildman–Crippen LogP) is 2.13. The van der Waals surface area contributed by atoms with Crippen LogP contribution < -0.4 is 0 Å². The van der Waals surface area contributed by atoms with E-state index in [0.717, 1.165) is 29.1 Å². The Bertz CT molecular complexity index is 970. The van der Waals surface area contributed by atoms with Crippen LogP contribution in [0.15, 0.2) is 16.3 Å². The number of ether oxygens (including phenoxy) is 1. The number of esters is 1. The maximum Gasteiger partial charge on any atom is 0.349 e. The number of carbonyl (C=O) groups is 1. The SMILES string of the molecule is COC(=O)c1sccc1S(=O)(=O)N1CCCN(Cc2c(C)nn(C)c2Cl)CC1. The summed E-state index contributed by atoms with van der Waals surface area (Å²) in [7, 11) is -0.718. The number of sulfonamides is 1. The number of rotatable bonds is 5. The van der Waals surface area contributed by atoms with Crippen LogP contribution in [0.1, 0.15) is 27.3 Å². The van der Waals surface area contributed by atoms with Gasteiger partial charge in [0.05, 0.1) is 12.8 Å². The van der Waals surface area contributed by atoms with Gasteiger partial charge in [0.25, 0.3) is 0 Å². The molecule has 0 atom stereocenters. The van der Waals surface area contributed by atoms with Gasteiger partial charge >= 0.3 is 5.97 Å². The molecule has 0 aromatic carbocycles. The number of nitrogens with zero attached hydrogens (tertiary/aromatic N) is 4. The number of methoxy groups -OCH3 is 1. The number of hydrogen-bond donors (Lipinski definition) is 0. The molecular formula is C17H23ClN4O4S2. The second-order valence-corrected chi connectivity index (χ2v) is 9.80. The van der Waals surface area contributed by atoms with E-state index in [1.807, 2.05) is 6.92 Å². The highest BCUT2D eigenvalue weighted by Crippen LogP contribution is 2.27. The van der Waals surface area contributed by atoms with Gasteiger partial charge in [-0.3, -0.25) is 9.58 Å². The van der Waals surface area contributed by atoms with Crippen molar-refractivity contribution in [3.63, 3.8) is 0 Å². The van der Waals surface area contributed by atoms with E-state index in [-0.39, 0.29) is 9.77 Å². The highest BCUT2D eigenvalue weighted by Gasteiger charge is 2.32. The third-order valence-electron chi connectivity index (χ3n) is 4.82. The van der Waals surface area contributed by atoms with Crippen molar-refractivity contribution in [3.8, 4) is 0 Å². The van der Waals surface area contributed by atoms with Crippen LogP contribution in [-0.4, -0.2) is 66.7 Å². The standard InChI is InChI=1S/C17H23ClN4O4S2/c1-12-13(16(18)20(2)19-12)11-21-6-4-7-22(9-8-21)28(24,25)14-5-10-27-15(14)17(23)26-3/h5,10H,4,6-9,11H2,1-3H3. The van der Waals surface area contributed by atoms with Crippen molar-refractivity contribution in [2.45, 2.75) is 24.8 Å². The molecule has 154 valence electrons. The summed E-state index contributed by atoms with van der Waals surface area (Å²) in [6.45, 7) is 4.61. The van der Waals surface area contributed by atoms with Crippen molar-refractivity contribution >= 4 is 38.9 Å². The molecule has 8 nitrogen and oxygen atoms in total. The average Bonchev–Trinajstić information content (AvgIpc) is 3.15. The number of halogens is 1. The van der Waals surface area contributed by atoms with Crippen molar-refractivity contribution in [3.05, 3.63) is 32.7 Å². The van der Waals surface area contributed by atoms with E-state index < -0.39 is 16.0 Å². The van der Waals surface area contributed by atoms with Crippen molar-refractivity contribution in [2.24, 2.45) is 7.05 Å². The summed E-state index contributed by atoms with van der Waals surface area (Å²) in [5, 5.41) is 6.53. The molecular weight excluding hydrogens is 424 g/mol. The van der Waals surface area contributed by atoms with Crippen molar-refractivity contribution in [1.82, 2.24) is 19.0 Å². The zero-order valence-corrected chi connectivity index (χ0v) is 18.4. The average molecular weight is 447 g/mol. The molecule has 0 radical (unpaired) electrons. The molecule has 0 saturated carbocycles. The molecule has 0 amide bonds. The molecule has 1 fully saturated rings. The Morgan fingerprint density at radius 2 is 2.07 bits per heavy atom. The van der Waals surface area contributed by atoms with Crippen LogP contribution in [0.4, 0.5) is 0 Å². The maximum absolute atomic E-state index is 13.1. The lowest BCUT2D eigenvalue weighted by molar-refractivity contribution is 0.0602. The predicted molar refractivity (Wildman–Crippen MR) is 107 cm³/mol. The maximum atomic E-state index is 13.1. The van der Waals surface area contributed by atoms with E-state index in [1.165, 1.54) is 17.5 Å². The monoisotopic (exact) mass is 446 g/mol. The van der Waals surface area contributed by atoms with Crippen LogP contribution >= 0.6 is 22.9 Å². The Morgan fingerprint density at radius 3 is 2.71 bits per heavy atom. The third-order valence-corrected chi connectivity index (χ3v) is 8.25. The van der Waals surface area contributed by atoms with Gasteiger partial charge in [0.2, 0.25) is 10.0 Å². The Morgan fingerprint density at radius 1 is 1.32 bits per heavy atom. The highest BCUT2D eigenvalue weighted by molar-refractivity contribution is 7.89. The van der Waals surface area contributed by atoms with Crippen molar-refractivity contribution in [1.29, 1.82) is 0 Å². The van der Waals surface area contributed by atoms with Gasteiger partial charge in [0.1, 0.15) is 14.9 Å². The van der Waals surface area contributed by atoms with Gasteiger partial charge < -0.3 is 4.74 Å². The number of aromatic nitrogens is 2. The van der Waals surface area contributed by atoms with Crippen LogP contribution in [0.3, 0.4) is 0 Å².